The number of hydrogen-bond acceptors (Lipinski definition) is 4. The van der Waals surface area contributed by atoms with E-state index in [1.807, 2.05) is 30.3 Å². The molecular weight excluding hydrogens is 290 g/mol. The molecule has 3 aromatic rings. The Kier molecular flexibility index (Phi) is 4.01. The molecule has 0 radical (unpaired) electrons. The Morgan fingerprint density at radius 3 is 2.43 bits per heavy atom. The first-order valence-corrected chi connectivity index (χ1v) is 7.13. The number of nitrogens with zero attached hydrogens (tertiary/aromatic N) is 2. The van der Waals surface area contributed by atoms with E-state index in [1.54, 1.807) is 30.3 Å². The number of carbonyl (C=O) groups is 1. The lowest BCUT2D eigenvalue weighted by atomic mass is 10.1. The number of benzene rings is 3. The van der Waals surface area contributed by atoms with E-state index in [2.05, 4.69) is 15.5 Å². The van der Waals surface area contributed by atoms with Gasteiger partial charge < -0.3 is 10.4 Å². The lowest BCUT2D eigenvalue weighted by Gasteiger charge is -2.04. The summed E-state index contributed by atoms with van der Waals surface area (Å²) in [5, 5.41) is 22.9. The summed E-state index contributed by atoms with van der Waals surface area (Å²) in [5.74, 6) is -0.0395. The molecule has 5 heteroatoms. The second-order valence-corrected chi connectivity index (χ2v) is 5.08. The Balaban J connectivity index is 1.91. The molecule has 0 aliphatic rings. The lowest BCUT2D eigenvalue weighted by molar-refractivity contribution is -0.114. The number of hydrogen-bond donors (Lipinski definition) is 2. The van der Waals surface area contributed by atoms with E-state index < -0.39 is 0 Å². The molecule has 0 aliphatic heterocycles. The van der Waals surface area contributed by atoms with Gasteiger partial charge in [-0.05, 0) is 35.7 Å². The SMILES string of the molecule is CC(=O)Nc1ccc(N=Nc2c(O)ccc3ccccc23)cc1. The molecule has 0 saturated heterocycles. The third-order valence-electron chi connectivity index (χ3n) is 3.33. The Hall–Kier alpha value is -3.21. The van der Waals surface area contributed by atoms with E-state index in [9.17, 15) is 9.90 Å². The molecule has 3 rings (SSSR count). The fraction of sp³-hybridized carbons (Fsp3) is 0.0556. The molecule has 1 amide bonds. The van der Waals surface area contributed by atoms with E-state index in [1.165, 1.54) is 6.92 Å². The second kappa shape index (κ2) is 6.27. The average Bonchev–Trinajstić information content (AvgIpc) is 2.55. The van der Waals surface area contributed by atoms with Gasteiger partial charge in [0.2, 0.25) is 5.91 Å². The zero-order chi connectivity index (χ0) is 16.2. The van der Waals surface area contributed by atoms with Gasteiger partial charge in [-0.2, -0.15) is 5.11 Å². The van der Waals surface area contributed by atoms with Gasteiger partial charge in [-0.1, -0.05) is 30.3 Å². The van der Waals surface area contributed by atoms with Crippen molar-refractivity contribution in [2.45, 2.75) is 6.92 Å². The van der Waals surface area contributed by atoms with Crippen LogP contribution in [0.25, 0.3) is 10.8 Å². The second-order valence-electron chi connectivity index (χ2n) is 5.08. The Bertz CT molecular complexity index is 886. The summed E-state index contributed by atoms with van der Waals surface area (Å²) in [6.07, 6.45) is 0. The van der Waals surface area contributed by atoms with Gasteiger partial charge >= 0.3 is 0 Å². The fourth-order valence-electron chi connectivity index (χ4n) is 2.27. The van der Waals surface area contributed by atoms with Crippen LogP contribution in [0, 0.1) is 0 Å². The van der Waals surface area contributed by atoms with Gasteiger partial charge in [0.05, 0.1) is 5.69 Å². The van der Waals surface area contributed by atoms with Crippen LogP contribution in [0.2, 0.25) is 0 Å². The van der Waals surface area contributed by atoms with E-state index in [-0.39, 0.29) is 11.7 Å². The van der Waals surface area contributed by atoms with Crippen LogP contribution in [0.4, 0.5) is 17.1 Å². The first-order chi connectivity index (χ1) is 11.1. The highest BCUT2D eigenvalue weighted by atomic mass is 16.3. The minimum absolute atomic E-state index is 0.0855. The van der Waals surface area contributed by atoms with Crippen LogP contribution < -0.4 is 5.32 Å². The van der Waals surface area contributed by atoms with Gasteiger partial charge in [0.1, 0.15) is 11.4 Å². The van der Waals surface area contributed by atoms with Crippen LogP contribution in [0.1, 0.15) is 6.92 Å². The highest BCUT2D eigenvalue weighted by Gasteiger charge is 2.05. The topological polar surface area (TPSA) is 74.0 Å². The fourth-order valence-corrected chi connectivity index (χ4v) is 2.27. The van der Waals surface area contributed by atoms with Crippen molar-refractivity contribution in [3.05, 3.63) is 60.7 Å². The summed E-state index contributed by atoms with van der Waals surface area (Å²) in [4.78, 5) is 11.0. The minimum atomic E-state index is -0.125. The zero-order valence-electron chi connectivity index (χ0n) is 12.5. The number of aromatic hydroxyl groups is 1. The molecule has 0 aliphatic carbocycles. The van der Waals surface area contributed by atoms with Gasteiger partial charge in [-0.3, -0.25) is 4.79 Å². The van der Waals surface area contributed by atoms with Crippen LogP contribution in [-0.4, -0.2) is 11.0 Å². The maximum atomic E-state index is 11.0. The van der Waals surface area contributed by atoms with Crippen molar-refractivity contribution in [3.8, 4) is 5.75 Å². The maximum Gasteiger partial charge on any atom is 0.221 e. The van der Waals surface area contributed by atoms with Gasteiger partial charge in [-0.25, -0.2) is 0 Å². The lowest BCUT2D eigenvalue weighted by Crippen LogP contribution is -2.04. The van der Waals surface area contributed by atoms with Crippen molar-refractivity contribution >= 4 is 33.7 Å². The Morgan fingerprint density at radius 1 is 0.957 bits per heavy atom. The largest absolute Gasteiger partial charge is 0.506 e. The van der Waals surface area contributed by atoms with Crippen molar-refractivity contribution in [1.29, 1.82) is 0 Å². The van der Waals surface area contributed by atoms with Crippen molar-refractivity contribution in [2.75, 3.05) is 5.32 Å². The molecule has 0 atom stereocenters. The van der Waals surface area contributed by atoms with Crippen LogP contribution in [0.5, 0.6) is 5.75 Å². The number of nitrogens with one attached hydrogen (secondary N) is 1. The third-order valence-corrected chi connectivity index (χ3v) is 3.33. The number of azo groups is 1. The highest BCUT2D eigenvalue weighted by molar-refractivity contribution is 5.95. The number of carbonyl (C=O) groups excluding carboxylic acids is 1. The summed E-state index contributed by atoms with van der Waals surface area (Å²) < 4.78 is 0. The maximum absolute atomic E-state index is 11.0. The zero-order valence-corrected chi connectivity index (χ0v) is 12.5. The summed E-state index contributed by atoms with van der Waals surface area (Å²) in [5.41, 5.74) is 1.77. The molecule has 3 aromatic carbocycles. The first kappa shape index (κ1) is 14.7. The minimum Gasteiger partial charge on any atom is -0.506 e. The Morgan fingerprint density at radius 2 is 1.70 bits per heavy atom. The third kappa shape index (κ3) is 3.35. The summed E-state index contributed by atoms with van der Waals surface area (Å²) >= 11 is 0. The van der Waals surface area contributed by atoms with Gasteiger partial charge in [0.15, 0.2) is 0 Å². The number of phenols is 1. The number of amides is 1. The van der Waals surface area contributed by atoms with Crippen molar-refractivity contribution < 1.29 is 9.90 Å². The highest BCUT2D eigenvalue weighted by Crippen LogP contribution is 2.35. The predicted octanol–water partition coefficient (Wildman–Crippen LogP) is 4.92. The molecule has 5 nitrogen and oxygen atoms in total. The molecule has 0 saturated carbocycles. The monoisotopic (exact) mass is 305 g/mol. The number of phenolic OH excluding ortho intramolecular Hbond substituents is 1. The molecule has 0 aromatic heterocycles. The van der Waals surface area contributed by atoms with Crippen molar-refractivity contribution in [1.82, 2.24) is 0 Å². The molecular formula is C18H15N3O2. The normalized spacial score (nSPS) is 11.0. The predicted molar refractivity (Wildman–Crippen MR) is 90.5 cm³/mol. The number of rotatable bonds is 3. The molecule has 0 heterocycles. The first-order valence-electron chi connectivity index (χ1n) is 7.13. The van der Waals surface area contributed by atoms with Gasteiger partial charge in [0, 0.05) is 18.0 Å². The van der Waals surface area contributed by atoms with E-state index in [4.69, 9.17) is 0 Å². The molecule has 0 spiro atoms. The summed E-state index contributed by atoms with van der Waals surface area (Å²) in [6, 6.07) is 18.1. The van der Waals surface area contributed by atoms with E-state index in [0.717, 1.165) is 10.8 Å². The standard InChI is InChI=1S/C18H15N3O2/c1-12(22)19-14-7-9-15(10-8-14)20-21-18-16-5-3-2-4-13(16)6-11-17(18)23/h2-11,23H,1H3,(H,19,22). The summed E-state index contributed by atoms with van der Waals surface area (Å²) in [6.45, 7) is 1.46. The van der Waals surface area contributed by atoms with Crippen LogP contribution in [0.3, 0.4) is 0 Å². The summed E-state index contributed by atoms with van der Waals surface area (Å²) in [7, 11) is 0. The Labute approximate surface area is 133 Å². The van der Waals surface area contributed by atoms with Crippen LogP contribution in [-0.2, 0) is 4.79 Å². The molecule has 23 heavy (non-hydrogen) atoms. The molecule has 0 bridgehead atoms. The van der Waals surface area contributed by atoms with Crippen LogP contribution in [0.15, 0.2) is 70.9 Å². The van der Waals surface area contributed by atoms with Crippen LogP contribution >= 0.6 is 0 Å². The van der Waals surface area contributed by atoms with E-state index >= 15 is 0 Å². The van der Waals surface area contributed by atoms with Gasteiger partial charge in [0.25, 0.3) is 0 Å². The molecule has 2 N–H and O–H groups in total. The van der Waals surface area contributed by atoms with Gasteiger partial charge in [-0.15, -0.1) is 5.11 Å². The molecule has 0 fully saturated rings. The quantitative estimate of drug-likeness (QED) is 0.674. The molecule has 114 valence electrons. The van der Waals surface area contributed by atoms with Crippen molar-refractivity contribution in [2.24, 2.45) is 10.2 Å². The average molecular weight is 305 g/mol. The number of anilines is 1. The smallest absolute Gasteiger partial charge is 0.221 e. The molecule has 0 unspecified atom stereocenters. The van der Waals surface area contributed by atoms with E-state index in [0.29, 0.717) is 17.1 Å². The number of fused-ring (bicyclic) bond motifs is 1. The van der Waals surface area contributed by atoms with Crippen molar-refractivity contribution in [3.63, 3.8) is 0 Å².